The predicted octanol–water partition coefficient (Wildman–Crippen LogP) is 1.99. The lowest BCUT2D eigenvalue weighted by atomic mass is 9.95. The van der Waals surface area contributed by atoms with Gasteiger partial charge in [-0.1, -0.05) is 12.2 Å². The average molecular weight is 126 g/mol. The van der Waals surface area contributed by atoms with Crippen molar-refractivity contribution in [1.29, 1.82) is 0 Å². The van der Waals surface area contributed by atoms with E-state index < -0.39 is 0 Å². The zero-order valence-corrected chi connectivity index (χ0v) is 5.97. The van der Waals surface area contributed by atoms with Crippen molar-refractivity contribution in [1.82, 2.24) is 0 Å². The first-order valence-electron chi connectivity index (χ1n) is 3.57. The molecule has 0 aliphatic heterocycles. The monoisotopic (exact) mass is 126 g/mol. The molecule has 1 nitrogen and oxygen atoms in total. The predicted molar refractivity (Wildman–Crippen MR) is 38.4 cm³/mol. The van der Waals surface area contributed by atoms with Gasteiger partial charge in [0.1, 0.15) is 0 Å². The van der Waals surface area contributed by atoms with Gasteiger partial charge in [0.25, 0.3) is 0 Å². The second-order valence-electron chi connectivity index (χ2n) is 2.61. The summed E-state index contributed by atoms with van der Waals surface area (Å²) in [6, 6.07) is 0. The fourth-order valence-electron chi connectivity index (χ4n) is 1.24. The summed E-state index contributed by atoms with van der Waals surface area (Å²) in [5, 5.41) is 0. The van der Waals surface area contributed by atoms with Crippen LogP contribution in [0.4, 0.5) is 0 Å². The van der Waals surface area contributed by atoms with E-state index in [9.17, 15) is 0 Å². The Kier molecular flexibility index (Phi) is 2.78. The molecule has 0 fully saturated rings. The first-order chi connectivity index (χ1) is 4.43. The van der Waals surface area contributed by atoms with E-state index in [1.54, 1.807) is 7.11 Å². The summed E-state index contributed by atoms with van der Waals surface area (Å²) in [4.78, 5) is 0. The molecule has 9 heavy (non-hydrogen) atoms. The van der Waals surface area contributed by atoms with Gasteiger partial charge in [-0.3, -0.25) is 0 Å². The third-order valence-electron chi connectivity index (χ3n) is 1.78. The van der Waals surface area contributed by atoms with E-state index in [2.05, 4.69) is 12.2 Å². The molecule has 1 rings (SSSR count). The fraction of sp³-hybridized carbons (Fsp3) is 0.750. The molecule has 1 aliphatic rings. The molecular weight excluding hydrogens is 112 g/mol. The van der Waals surface area contributed by atoms with E-state index in [4.69, 9.17) is 4.74 Å². The standard InChI is InChI=1S/C8H14O/c1-9-7-8-5-3-2-4-6-8/h2-3,8H,4-7H2,1H3/t8-/m0/s1. The number of methoxy groups -OCH3 is 1. The zero-order chi connectivity index (χ0) is 6.53. The van der Waals surface area contributed by atoms with Gasteiger partial charge in [-0.2, -0.15) is 0 Å². The van der Waals surface area contributed by atoms with Gasteiger partial charge >= 0.3 is 0 Å². The Morgan fingerprint density at radius 1 is 1.56 bits per heavy atom. The van der Waals surface area contributed by atoms with E-state index in [0.717, 1.165) is 12.5 Å². The van der Waals surface area contributed by atoms with Crippen LogP contribution in [0.3, 0.4) is 0 Å². The number of allylic oxidation sites excluding steroid dienone is 2. The van der Waals surface area contributed by atoms with Crippen molar-refractivity contribution in [2.45, 2.75) is 19.3 Å². The molecule has 0 radical (unpaired) electrons. The highest BCUT2D eigenvalue weighted by molar-refractivity contribution is 4.89. The Balaban J connectivity index is 2.18. The molecule has 0 aromatic carbocycles. The van der Waals surface area contributed by atoms with Crippen molar-refractivity contribution in [2.75, 3.05) is 13.7 Å². The lowest BCUT2D eigenvalue weighted by Crippen LogP contribution is -2.08. The molecular formula is C8H14O. The van der Waals surface area contributed by atoms with Crippen LogP contribution >= 0.6 is 0 Å². The van der Waals surface area contributed by atoms with Gasteiger partial charge in [0, 0.05) is 13.7 Å². The highest BCUT2D eigenvalue weighted by Gasteiger charge is 2.07. The lowest BCUT2D eigenvalue weighted by molar-refractivity contribution is 0.147. The second-order valence-corrected chi connectivity index (χ2v) is 2.61. The largest absolute Gasteiger partial charge is 0.384 e. The van der Waals surface area contributed by atoms with E-state index in [1.165, 1.54) is 19.3 Å². The Hall–Kier alpha value is -0.300. The molecule has 0 bridgehead atoms. The molecule has 0 unspecified atom stereocenters. The van der Waals surface area contributed by atoms with Crippen LogP contribution < -0.4 is 0 Å². The maximum absolute atomic E-state index is 5.05. The van der Waals surface area contributed by atoms with Crippen molar-refractivity contribution >= 4 is 0 Å². The maximum atomic E-state index is 5.05. The SMILES string of the molecule is COC[C@H]1CC=CCC1. The molecule has 0 amide bonds. The van der Waals surface area contributed by atoms with E-state index in [-0.39, 0.29) is 0 Å². The van der Waals surface area contributed by atoms with Crippen LogP contribution in [0.5, 0.6) is 0 Å². The fourth-order valence-corrected chi connectivity index (χ4v) is 1.24. The first-order valence-corrected chi connectivity index (χ1v) is 3.57. The van der Waals surface area contributed by atoms with Crippen LogP contribution in [0.15, 0.2) is 12.2 Å². The summed E-state index contributed by atoms with van der Waals surface area (Å²) in [6.07, 6.45) is 8.28. The quantitative estimate of drug-likeness (QED) is 0.514. The Morgan fingerprint density at radius 3 is 3.00 bits per heavy atom. The zero-order valence-electron chi connectivity index (χ0n) is 5.97. The van der Waals surface area contributed by atoms with Gasteiger partial charge in [-0.05, 0) is 25.2 Å². The van der Waals surface area contributed by atoms with Gasteiger partial charge in [-0.25, -0.2) is 0 Å². The molecule has 1 heteroatoms. The van der Waals surface area contributed by atoms with Crippen molar-refractivity contribution in [3.63, 3.8) is 0 Å². The molecule has 0 saturated carbocycles. The van der Waals surface area contributed by atoms with Gasteiger partial charge in [0.15, 0.2) is 0 Å². The minimum Gasteiger partial charge on any atom is -0.384 e. The van der Waals surface area contributed by atoms with Crippen molar-refractivity contribution < 1.29 is 4.74 Å². The summed E-state index contributed by atoms with van der Waals surface area (Å²) < 4.78 is 5.05. The Labute approximate surface area is 56.7 Å². The Bertz CT molecular complexity index is 96.7. The van der Waals surface area contributed by atoms with Crippen LogP contribution in [0.2, 0.25) is 0 Å². The summed E-state index contributed by atoms with van der Waals surface area (Å²) in [5.41, 5.74) is 0. The lowest BCUT2D eigenvalue weighted by Gasteiger charge is -2.15. The number of hydrogen-bond donors (Lipinski definition) is 0. The van der Waals surface area contributed by atoms with Crippen LogP contribution in [0, 0.1) is 5.92 Å². The topological polar surface area (TPSA) is 9.23 Å². The van der Waals surface area contributed by atoms with E-state index in [1.807, 2.05) is 0 Å². The molecule has 0 aromatic heterocycles. The molecule has 0 N–H and O–H groups in total. The van der Waals surface area contributed by atoms with Gasteiger partial charge < -0.3 is 4.74 Å². The third kappa shape index (κ3) is 2.19. The molecule has 1 atom stereocenters. The molecule has 0 aromatic rings. The Morgan fingerprint density at radius 2 is 2.44 bits per heavy atom. The minimum absolute atomic E-state index is 0.792. The third-order valence-corrected chi connectivity index (χ3v) is 1.78. The summed E-state index contributed by atoms with van der Waals surface area (Å²) >= 11 is 0. The van der Waals surface area contributed by atoms with Crippen LogP contribution in [-0.2, 0) is 4.74 Å². The average Bonchev–Trinajstić information content (AvgIpc) is 1.91. The van der Waals surface area contributed by atoms with Crippen LogP contribution in [0.25, 0.3) is 0 Å². The second kappa shape index (κ2) is 3.67. The van der Waals surface area contributed by atoms with E-state index in [0.29, 0.717) is 0 Å². The smallest absolute Gasteiger partial charge is 0.0493 e. The van der Waals surface area contributed by atoms with Crippen LogP contribution in [-0.4, -0.2) is 13.7 Å². The van der Waals surface area contributed by atoms with Gasteiger partial charge in [0.05, 0.1) is 0 Å². The first kappa shape index (κ1) is 6.81. The van der Waals surface area contributed by atoms with Gasteiger partial charge in [0.2, 0.25) is 0 Å². The minimum atomic E-state index is 0.792. The molecule has 0 heterocycles. The summed E-state index contributed by atoms with van der Waals surface area (Å²) in [5.74, 6) is 0.792. The molecule has 1 aliphatic carbocycles. The normalized spacial score (nSPS) is 26.6. The number of ether oxygens (including phenoxy) is 1. The highest BCUT2D eigenvalue weighted by Crippen LogP contribution is 2.17. The van der Waals surface area contributed by atoms with Crippen LogP contribution in [0.1, 0.15) is 19.3 Å². The summed E-state index contributed by atoms with van der Waals surface area (Å²) in [6.45, 7) is 0.935. The van der Waals surface area contributed by atoms with Gasteiger partial charge in [-0.15, -0.1) is 0 Å². The molecule has 0 spiro atoms. The van der Waals surface area contributed by atoms with E-state index >= 15 is 0 Å². The number of rotatable bonds is 2. The molecule has 0 saturated heterocycles. The maximum Gasteiger partial charge on any atom is 0.0493 e. The number of hydrogen-bond acceptors (Lipinski definition) is 1. The van der Waals surface area contributed by atoms with Crippen molar-refractivity contribution in [3.8, 4) is 0 Å². The highest BCUT2D eigenvalue weighted by atomic mass is 16.5. The summed E-state index contributed by atoms with van der Waals surface area (Å²) in [7, 11) is 1.78. The van der Waals surface area contributed by atoms with Crippen molar-refractivity contribution in [3.05, 3.63) is 12.2 Å². The van der Waals surface area contributed by atoms with Crippen molar-refractivity contribution in [2.24, 2.45) is 5.92 Å². The molecule has 52 valence electrons.